The molecule has 0 saturated carbocycles. The summed E-state index contributed by atoms with van der Waals surface area (Å²) in [6.07, 6.45) is 4.94. The average molecular weight is 222 g/mol. The van der Waals surface area contributed by atoms with Crippen LogP contribution in [0.5, 0.6) is 5.75 Å². The normalized spacial score (nSPS) is 12.2. The number of pyridine rings is 1. The number of hydrogen-bond acceptors (Lipinski definition) is 4. The van der Waals surface area contributed by atoms with E-state index in [1.165, 1.54) is 0 Å². The van der Waals surface area contributed by atoms with Crippen LogP contribution in [0.1, 0.15) is 30.1 Å². The summed E-state index contributed by atoms with van der Waals surface area (Å²) in [4.78, 5) is 16.1. The first-order chi connectivity index (χ1) is 7.74. The Balaban J connectivity index is 2.93. The third-order valence-electron chi connectivity index (χ3n) is 2.51. The molecule has 1 N–H and O–H groups in total. The summed E-state index contributed by atoms with van der Waals surface area (Å²) < 4.78 is 5.15. The molecule has 88 valence electrons. The summed E-state index contributed by atoms with van der Waals surface area (Å²) in [5.41, 5.74) is 0.540. The average Bonchev–Trinajstić information content (AvgIpc) is 2.35. The molecule has 0 fully saturated rings. The summed E-state index contributed by atoms with van der Waals surface area (Å²) >= 11 is 0. The van der Waals surface area contributed by atoms with E-state index in [1.807, 2.05) is 0 Å². The largest absolute Gasteiger partial charge is 0.496 e. The van der Waals surface area contributed by atoms with E-state index in [0.29, 0.717) is 11.3 Å². The van der Waals surface area contributed by atoms with Gasteiger partial charge in [0.05, 0.1) is 18.7 Å². The minimum Gasteiger partial charge on any atom is -0.496 e. The SMILES string of the molecule is CCC[C@@H](NC)C(=O)c1cnccc1OC. The number of aromatic nitrogens is 1. The number of carbonyl (C=O) groups is 1. The van der Waals surface area contributed by atoms with Gasteiger partial charge in [0.15, 0.2) is 5.78 Å². The first-order valence-electron chi connectivity index (χ1n) is 5.44. The highest BCUT2D eigenvalue weighted by molar-refractivity contribution is 6.02. The molecule has 0 aliphatic carbocycles. The highest BCUT2D eigenvalue weighted by Crippen LogP contribution is 2.18. The zero-order chi connectivity index (χ0) is 12.0. The van der Waals surface area contributed by atoms with Crippen LogP contribution in [-0.4, -0.2) is 31.0 Å². The molecule has 1 heterocycles. The lowest BCUT2D eigenvalue weighted by Gasteiger charge is -2.15. The number of Topliss-reactive ketones (excluding diaryl/α,β-unsaturated/α-hetero) is 1. The van der Waals surface area contributed by atoms with Crippen LogP contribution in [0.25, 0.3) is 0 Å². The van der Waals surface area contributed by atoms with E-state index in [0.717, 1.165) is 12.8 Å². The Hall–Kier alpha value is -1.42. The van der Waals surface area contributed by atoms with Crippen LogP contribution >= 0.6 is 0 Å². The fraction of sp³-hybridized carbons (Fsp3) is 0.500. The fourth-order valence-corrected chi connectivity index (χ4v) is 1.63. The molecule has 0 amide bonds. The number of methoxy groups -OCH3 is 1. The van der Waals surface area contributed by atoms with Crippen molar-refractivity contribution in [3.63, 3.8) is 0 Å². The molecule has 0 bridgehead atoms. The molecule has 1 rings (SSSR count). The molecule has 1 aromatic rings. The molecule has 0 spiro atoms. The lowest BCUT2D eigenvalue weighted by molar-refractivity contribution is 0.0938. The van der Waals surface area contributed by atoms with Crippen LogP contribution in [0.15, 0.2) is 18.5 Å². The predicted octanol–water partition coefficient (Wildman–Crippen LogP) is 1.66. The molecule has 4 nitrogen and oxygen atoms in total. The van der Waals surface area contributed by atoms with E-state index in [4.69, 9.17) is 4.74 Å². The molecule has 0 unspecified atom stereocenters. The Kier molecular flexibility index (Phi) is 4.92. The standard InChI is InChI=1S/C12H18N2O2/c1-4-5-10(13-2)12(15)9-8-14-7-6-11(9)16-3/h6-8,10,13H,4-5H2,1-3H3/t10-/m1/s1. The van der Waals surface area contributed by atoms with Gasteiger partial charge in [0.25, 0.3) is 0 Å². The molecule has 16 heavy (non-hydrogen) atoms. The van der Waals surface area contributed by atoms with Gasteiger partial charge in [0.1, 0.15) is 5.75 Å². The quantitative estimate of drug-likeness (QED) is 0.744. The monoisotopic (exact) mass is 222 g/mol. The van der Waals surface area contributed by atoms with Crippen molar-refractivity contribution in [3.05, 3.63) is 24.0 Å². The van der Waals surface area contributed by atoms with Crippen LogP contribution in [0.3, 0.4) is 0 Å². The number of rotatable bonds is 6. The zero-order valence-electron chi connectivity index (χ0n) is 9.99. The van der Waals surface area contributed by atoms with Crippen LogP contribution in [0.4, 0.5) is 0 Å². The van der Waals surface area contributed by atoms with Crippen molar-refractivity contribution >= 4 is 5.78 Å². The topological polar surface area (TPSA) is 51.2 Å². The second-order valence-electron chi connectivity index (χ2n) is 3.57. The summed E-state index contributed by atoms with van der Waals surface area (Å²) in [7, 11) is 3.35. The van der Waals surface area contributed by atoms with Crippen molar-refractivity contribution in [1.29, 1.82) is 0 Å². The smallest absolute Gasteiger partial charge is 0.184 e. The molecule has 1 atom stereocenters. The van der Waals surface area contributed by atoms with E-state index in [1.54, 1.807) is 32.6 Å². The first kappa shape index (κ1) is 12.6. The van der Waals surface area contributed by atoms with Crippen LogP contribution < -0.4 is 10.1 Å². The molecule has 4 heteroatoms. The maximum atomic E-state index is 12.2. The van der Waals surface area contributed by atoms with Gasteiger partial charge in [0.2, 0.25) is 0 Å². The van der Waals surface area contributed by atoms with Crippen LogP contribution in [-0.2, 0) is 0 Å². The fourth-order valence-electron chi connectivity index (χ4n) is 1.63. The molecule has 0 radical (unpaired) electrons. The summed E-state index contributed by atoms with van der Waals surface area (Å²) in [5.74, 6) is 0.616. The van der Waals surface area contributed by atoms with Crippen molar-refractivity contribution < 1.29 is 9.53 Å². The third-order valence-corrected chi connectivity index (χ3v) is 2.51. The van der Waals surface area contributed by atoms with Gasteiger partial charge in [-0.2, -0.15) is 0 Å². The van der Waals surface area contributed by atoms with Gasteiger partial charge in [-0.15, -0.1) is 0 Å². The van der Waals surface area contributed by atoms with Crippen LogP contribution in [0, 0.1) is 0 Å². The lowest BCUT2D eigenvalue weighted by atomic mass is 10.0. The molecule has 0 saturated heterocycles. The van der Waals surface area contributed by atoms with Crippen molar-refractivity contribution in [1.82, 2.24) is 10.3 Å². The Bertz CT molecular complexity index is 353. The lowest BCUT2D eigenvalue weighted by Crippen LogP contribution is -2.34. The predicted molar refractivity (Wildman–Crippen MR) is 62.9 cm³/mol. The van der Waals surface area contributed by atoms with Gasteiger partial charge >= 0.3 is 0 Å². The first-order valence-corrected chi connectivity index (χ1v) is 5.44. The Morgan fingerprint density at radius 1 is 1.62 bits per heavy atom. The summed E-state index contributed by atoms with van der Waals surface area (Å²) in [6, 6.07) is 1.54. The highest BCUT2D eigenvalue weighted by atomic mass is 16.5. The van der Waals surface area contributed by atoms with E-state index in [9.17, 15) is 4.79 Å². The molecule has 0 aliphatic heterocycles. The molecule has 0 aromatic carbocycles. The number of carbonyl (C=O) groups excluding carboxylic acids is 1. The Morgan fingerprint density at radius 3 is 2.94 bits per heavy atom. The van der Waals surface area contributed by atoms with E-state index in [2.05, 4.69) is 17.2 Å². The van der Waals surface area contributed by atoms with Crippen molar-refractivity contribution in [2.24, 2.45) is 0 Å². The van der Waals surface area contributed by atoms with Crippen molar-refractivity contribution in [2.75, 3.05) is 14.2 Å². The minimum absolute atomic E-state index is 0.0364. The minimum atomic E-state index is -0.164. The number of ether oxygens (including phenoxy) is 1. The van der Waals surface area contributed by atoms with Gasteiger partial charge in [0, 0.05) is 12.4 Å². The number of nitrogens with one attached hydrogen (secondary N) is 1. The van der Waals surface area contributed by atoms with Gasteiger partial charge in [-0.05, 0) is 19.5 Å². The number of ketones is 1. The van der Waals surface area contributed by atoms with Gasteiger partial charge in [-0.3, -0.25) is 9.78 Å². The summed E-state index contributed by atoms with van der Waals surface area (Å²) in [5, 5.41) is 3.02. The van der Waals surface area contributed by atoms with E-state index < -0.39 is 0 Å². The molecule has 1 aromatic heterocycles. The highest BCUT2D eigenvalue weighted by Gasteiger charge is 2.20. The van der Waals surface area contributed by atoms with E-state index >= 15 is 0 Å². The maximum absolute atomic E-state index is 12.2. The molecular formula is C12H18N2O2. The van der Waals surface area contributed by atoms with Crippen molar-refractivity contribution in [3.8, 4) is 5.75 Å². The second-order valence-corrected chi connectivity index (χ2v) is 3.57. The van der Waals surface area contributed by atoms with Crippen LogP contribution in [0.2, 0.25) is 0 Å². The number of likely N-dealkylation sites (N-methyl/N-ethyl adjacent to an activating group) is 1. The second kappa shape index (κ2) is 6.23. The van der Waals surface area contributed by atoms with Gasteiger partial charge in [-0.1, -0.05) is 13.3 Å². The maximum Gasteiger partial charge on any atom is 0.184 e. The van der Waals surface area contributed by atoms with Gasteiger partial charge < -0.3 is 10.1 Å². The Labute approximate surface area is 96.0 Å². The zero-order valence-corrected chi connectivity index (χ0v) is 9.99. The number of hydrogen-bond donors (Lipinski definition) is 1. The summed E-state index contributed by atoms with van der Waals surface area (Å²) in [6.45, 7) is 2.05. The van der Waals surface area contributed by atoms with E-state index in [-0.39, 0.29) is 11.8 Å². The molecule has 0 aliphatic rings. The third kappa shape index (κ3) is 2.79. The number of nitrogens with zero attached hydrogens (tertiary/aromatic N) is 1. The van der Waals surface area contributed by atoms with Crippen molar-refractivity contribution in [2.45, 2.75) is 25.8 Å². The van der Waals surface area contributed by atoms with Gasteiger partial charge in [-0.25, -0.2) is 0 Å². The Morgan fingerprint density at radius 2 is 2.38 bits per heavy atom. The molecular weight excluding hydrogens is 204 g/mol.